The highest BCUT2D eigenvalue weighted by molar-refractivity contribution is 5.07. The molecule has 0 unspecified atom stereocenters. The molecule has 4 nitrogen and oxygen atoms in total. The Morgan fingerprint density at radius 1 is 1.47 bits per heavy atom. The number of hydrogen-bond acceptors (Lipinski definition) is 4. The van der Waals surface area contributed by atoms with Crippen LogP contribution < -0.4 is 5.32 Å². The molecule has 1 heterocycles. The van der Waals surface area contributed by atoms with E-state index >= 15 is 0 Å². The molecular formula is C13H22N2O2. The predicted molar refractivity (Wildman–Crippen MR) is 68.6 cm³/mol. The highest BCUT2D eigenvalue weighted by atomic mass is 16.3. The molecule has 0 saturated carbocycles. The summed E-state index contributed by atoms with van der Waals surface area (Å²) in [4.78, 5) is 2.09. The van der Waals surface area contributed by atoms with E-state index in [-0.39, 0.29) is 6.61 Å². The molecule has 0 spiro atoms. The molecule has 1 aromatic heterocycles. The molecule has 0 aliphatic heterocycles. The Morgan fingerprint density at radius 2 is 2.24 bits per heavy atom. The van der Waals surface area contributed by atoms with Crippen LogP contribution in [0, 0.1) is 0 Å². The minimum Gasteiger partial charge on any atom is -0.463 e. The van der Waals surface area contributed by atoms with E-state index in [1.165, 1.54) is 0 Å². The number of aliphatic hydroxyl groups is 1. The van der Waals surface area contributed by atoms with Gasteiger partial charge in [-0.25, -0.2) is 0 Å². The minimum atomic E-state index is 0.152. The molecule has 0 saturated heterocycles. The minimum absolute atomic E-state index is 0.152. The van der Waals surface area contributed by atoms with Gasteiger partial charge in [-0.3, -0.25) is 4.90 Å². The van der Waals surface area contributed by atoms with E-state index in [9.17, 15) is 0 Å². The standard InChI is InChI=1S/C13H22N2O2/c1-3-7-15(8-9-16)11-13-6-5-12(17-13)10-14-4-2/h3,5-6,14,16H,1,4,7-11H2,2H3. The van der Waals surface area contributed by atoms with Crippen molar-refractivity contribution in [3.63, 3.8) is 0 Å². The molecule has 96 valence electrons. The molecular weight excluding hydrogens is 216 g/mol. The smallest absolute Gasteiger partial charge is 0.118 e. The zero-order valence-electron chi connectivity index (χ0n) is 10.5. The fraction of sp³-hybridized carbons (Fsp3) is 0.538. The predicted octanol–water partition coefficient (Wildman–Crippen LogP) is 1.37. The SMILES string of the molecule is C=CCN(CCO)Cc1ccc(CNCC)o1. The molecule has 1 aromatic rings. The van der Waals surface area contributed by atoms with Gasteiger partial charge in [0.15, 0.2) is 0 Å². The summed E-state index contributed by atoms with van der Waals surface area (Å²) >= 11 is 0. The van der Waals surface area contributed by atoms with Crippen LogP contribution in [0.3, 0.4) is 0 Å². The zero-order chi connectivity index (χ0) is 12.5. The third kappa shape index (κ3) is 5.17. The first-order valence-corrected chi connectivity index (χ1v) is 6.02. The van der Waals surface area contributed by atoms with E-state index in [0.29, 0.717) is 13.1 Å². The van der Waals surface area contributed by atoms with Crippen molar-refractivity contribution >= 4 is 0 Å². The van der Waals surface area contributed by atoms with Crippen LogP contribution in [0.25, 0.3) is 0 Å². The van der Waals surface area contributed by atoms with Crippen molar-refractivity contribution in [2.45, 2.75) is 20.0 Å². The quantitative estimate of drug-likeness (QED) is 0.638. The molecule has 0 aliphatic rings. The van der Waals surface area contributed by atoms with Gasteiger partial charge in [0.2, 0.25) is 0 Å². The number of nitrogens with zero attached hydrogens (tertiary/aromatic N) is 1. The van der Waals surface area contributed by atoms with Gasteiger partial charge in [-0.2, -0.15) is 0 Å². The first kappa shape index (κ1) is 14.0. The Bertz CT molecular complexity index is 323. The van der Waals surface area contributed by atoms with Gasteiger partial charge in [0.25, 0.3) is 0 Å². The van der Waals surface area contributed by atoms with Crippen molar-refractivity contribution in [2.75, 3.05) is 26.2 Å². The van der Waals surface area contributed by atoms with Crippen LogP contribution in [-0.4, -0.2) is 36.2 Å². The maximum atomic E-state index is 8.95. The molecule has 0 aliphatic carbocycles. The Labute approximate surface area is 103 Å². The number of furan rings is 1. The Hall–Kier alpha value is -1.10. The lowest BCUT2D eigenvalue weighted by molar-refractivity contribution is 0.193. The second-order valence-corrected chi connectivity index (χ2v) is 3.90. The summed E-state index contributed by atoms with van der Waals surface area (Å²) in [7, 11) is 0. The van der Waals surface area contributed by atoms with Gasteiger partial charge in [-0.15, -0.1) is 6.58 Å². The summed E-state index contributed by atoms with van der Waals surface area (Å²) in [5.41, 5.74) is 0. The van der Waals surface area contributed by atoms with E-state index < -0.39 is 0 Å². The molecule has 0 aromatic carbocycles. The first-order chi connectivity index (χ1) is 8.30. The van der Waals surface area contributed by atoms with Crippen LogP contribution >= 0.6 is 0 Å². The lowest BCUT2D eigenvalue weighted by Gasteiger charge is -2.17. The molecule has 2 N–H and O–H groups in total. The molecule has 0 bridgehead atoms. The Morgan fingerprint density at radius 3 is 2.88 bits per heavy atom. The van der Waals surface area contributed by atoms with Gasteiger partial charge in [0.1, 0.15) is 11.5 Å². The number of rotatable bonds is 9. The maximum Gasteiger partial charge on any atom is 0.118 e. The Balaban J connectivity index is 2.47. The number of aliphatic hydroxyl groups excluding tert-OH is 1. The monoisotopic (exact) mass is 238 g/mol. The second-order valence-electron chi connectivity index (χ2n) is 3.90. The molecule has 0 fully saturated rings. The van der Waals surface area contributed by atoms with Gasteiger partial charge >= 0.3 is 0 Å². The fourth-order valence-corrected chi connectivity index (χ4v) is 1.63. The summed E-state index contributed by atoms with van der Waals surface area (Å²) in [6.45, 7) is 9.71. The van der Waals surface area contributed by atoms with Crippen LogP contribution in [-0.2, 0) is 13.1 Å². The van der Waals surface area contributed by atoms with Gasteiger partial charge in [-0.05, 0) is 18.7 Å². The fourth-order valence-electron chi connectivity index (χ4n) is 1.63. The van der Waals surface area contributed by atoms with E-state index in [4.69, 9.17) is 9.52 Å². The van der Waals surface area contributed by atoms with Crippen molar-refractivity contribution < 1.29 is 9.52 Å². The van der Waals surface area contributed by atoms with Crippen LogP contribution in [0.4, 0.5) is 0 Å². The van der Waals surface area contributed by atoms with Crippen molar-refractivity contribution in [1.82, 2.24) is 10.2 Å². The molecule has 17 heavy (non-hydrogen) atoms. The summed E-state index contributed by atoms with van der Waals surface area (Å²) in [6, 6.07) is 3.98. The largest absolute Gasteiger partial charge is 0.463 e. The van der Waals surface area contributed by atoms with Crippen molar-refractivity contribution in [2.24, 2.45) is 0 Å². The maximum absolute atomic E-state index is 8.95. The third-order valence-electron chi connectivity index (χ3n) is 2.45. The van der Waals surface area contributed by atoms with Crippen LogP contribution in [0.2, 0.25) is 0 Å². The van der Waals surface area contributed by atoms with Crippen molar-refractivity contribution in [3.8, 4) is 0 Å². The van der Waals surface area contributed by atoms with Crippen LogP contribution in [0.1, 0.15) is 18.4 Å². The average Bonchev–Trinajstić information content (AvgIpc) is 2.75. The van der Waals surface area contributed by atoms with Gasteiger partial charge in [0.05, 0.1) is 19.7 Å². The highest BCUT2D eigenvalue weighted by Gasteiger charge is 2.07. The Kier molecular flexibility index (Phi) is 6.62. The molecule has 0 atom stereocenters. The molecule has 0 amide bonds. The summed E-state index contributed by atoms with van der Waals surface area (Å²) in [5.74, 6) is 1.87. The molecule has 0 radical (unpaired) electrons. The zero-order valence-corrected chi connectivity index (χ0v) is 10.5. The van der Waals surface area contributed by atoms with Crippen molar-refractivity contribution in [1.29, 1.82) is 0 Å². The normalized spacial score (nSPS) is 11.0. The van der Waals surface area contributed by atoms with Crippen molar-refractivity contribution in [3.05, 3.63) is 36.3 Å². The van der Waals surface area contributed by atoms with Gasteiger partial charge in [0, 0.05) is 13.1 Å². The van der Waals surface area contributed by atoms with Gasteiger partial charge < -0.3 is 14.8 Å². The van der Waals surface area contributed by atoms with E-state index in [0.717, 1.165) is 31.2 Å². The second kappa shape index (κ2) is 8.06. The van der Waals surface area contributed by atoms with Gasteiger partial charge in [-0.1, -0.05) is 13.0 Å². The summed E-state index contributed by atoms with van der Waals surface area (Å²) < 4.78 is 5.69. The highest BCUT2D eigenvalue weighted by Crippen LogP contribution is 2.10. The van der Waals surface area contributed by atoms with Crippen LogP contribution in [0.5, 0.6) is 0 Å². The summed E-state index contributed by atoms with van der Waals surface area (Å²) in [6.07, 6.45) is 1.83. The number of nitrogens with one attached hydrogen (secondary N) is 1. The van der Waals surface area contributed by atoms with E-state index in [1.807, 2.05) is 18.2 Å². The first-order valence-electron chi connectivity index (χ1n) is 6.02. The number of hydrogen-bond donors (Lipinski definition) is 2. The summed E-state index contributed by atoms with van der Waals surface area (Å²) in [5, 5.41) is 12.2. The molecule has 4 heteroatoms. The average molecular weight is 238 g/mol. The molecule has 1 rings (SSSR count). The lowest BCUT2D eigenvalue weighted by Crippen LogP contribution is -2.26. The topological polar surface area (TPSA) is 48.6 Å². The lowest BCUT2D eigenvalue weighted by atomic mass is 10.3. The third-order valence-corrected chi connectivity index (χ3v) is 2.45. The van der Waals surface area contributed by atoms with Crippen LogP contribution in [0.15, 0.2) is 29.2 Å². The van der Waals surface area contributed by atoms with E-state index in [2.05, 4.69) is 23.7 Å². The van der Waals surface area contributed by atoms with E-state index in [1.54, 1.807) is 0 Å².